The van der Waals surface area contributed by atoms with Gasteiger partial charge in [-0.25, -0.2) is 9.97 Å². The fourth-order valence-corrected chi connectivity index (χ4v) is 3.53. The van der Waals surface area contributed by atoms with Gasteiger partial charge in [0.1, 0.15) is 10.7 Å². The van der Waals surface area contributed by atoms with Gasteiger partial charge < -0.3 is 0 Å². The Morgan fingerprint density at radius 1 is 1.18 bits per heavy atom. The first kappa shape index (κ1) is 15.1. The van der Waals surface area contributed by atoms with Crippen molar-refractivity contribution in [3.05, 3.63) is 50.9 Å². The third kappa shape index (κ3) is 3.19. The number of carbonyl (C=O) groups excluding carboxylic acids is 1. The van der Waals surface area contributed by atoms with Gasteiger partial charge in [0.2, 0.25) is 0 Å². The van der Waals surface area contributed by atoms with Crippen LogP contribution in [0.25, 0.3) is 10.6 Å². The van der Waals surface area contributed by atoms with Crippen LogP contribution in [0.3, 0.4) is 0 Å². The number of anilines is 1. The van der Waals surface area contributed by atoms with Crippen LogP contribution in [0, 0.1) is 13.8 Å². The first-order valence-corrected chi connectivity index (χ1v) is 8.57. The molecule has 2 heterocycles. The van der Waals surface area contributed by atoms with E-state index in [9.17, 15) is 4.79 Å². The van der Waals surface area contributed by atoms with Crippen molar-refractivity contribution >= 4 is 45.3 Å². The summed E-state index contributed by atoms with van der Waals surface area (Å²) in [7, 11) is 0. The summed E-state index contributed by atoms with van der Waals surface area (Å²) >= 11 is 8.76. The fraction of sp³-hybridized carbons (Fsp3) is 0.133. The van der Waals surface area contributed by atoms with Gasteiger partial charge in [-0.2, -0.15) is 0 Å². The zero-order valence-corrected chi connectivity index (χ0v) is 14.3. The quantitative estimate of drug-likeness (QED) is 0.739. The summed E-state index contributed by atoms with van der Waals surface area (Å²) in [6.07, 6.45) is 0. The molecule has 3 aromatic rings. The van der Waals surface area contributed by atoms with Crippen LogP contribution < -0.4 is 5.32 Å². The maximum Gasteiger partial charge on any atom is 0.276 e. The van der Waals surface area contributed by atoms with Crippen LogP contribution in [-0.2, 0) is 0 Å². The summed E-state index contributed by atoms with van der Waals surface area (Å²) in [4.78, 5) is 22.0. The number of hydrogen-bond donors (Lipinski definition) is 1. The number of hydrogen-bond acceptors (Lipinski definition) is 5. The number of benzene rings is 1. The zero-order valence-electron chi connectivity index (χ0n) is 11.9. The number of halogens is 1. The molecule has 4 nitrogen and oxygen atoms in total. The lowest BCUT2D eigenvalue weighted by molar-refractivity contribution is 0.102. The molecule has 0 aliphatic rings. The second-order valence-electron chi connectivity index (χ2n) is 4.66. The van der Waals surface area contributed by atoms with Crippen LogP contribution in [0.15, 0.2) is 29.6 Å². The first-order valence-electron chi connectivity index (χ1n) is 6.50. The summed E-state index contributed by atoms with van der Waals surface area (Å²) in [6.45, 7) is 3.90. The highest BCUT2D eigenvalue weighted by atomic mass is 35.5. The predicted octanol–water partition coefficient (Wildman–Crippen LogP) is 4.79. The predicted molar refractivity (Wildman–Crippen MR) is 92.1 cm³/mol. The molecule has 22 heavy (non-hydrogen) atoms. The molecule has 1 N–H and O–H groups in total. The second kappa shape index (κ2) is 6.16. The lowest BCUT2D eigenvalue weighted by Crippen LogP contribution is -2.12. The monoisotopic (exact) mass is 349 g/mol. The van der Waals surface area contributed by atoms with E-state index in [1.54, 1.807) is 17.5 Å². The highest BCUT2D eigenvalue weighted by Crippen LogP contribution is 2.26. The fourth-order valence-electron chi connectivity index (χ4n) is 1.79. The molecule has 0 saturated heterocycles. The van der Waals surface area contributed by atoms with E-state index in [-0.39, 0.29) is 5.91 Å². The van der Waals surface area contributed by atoms with E-state index in [4.69, 9.17) is 11.6 Å². The summed E-state index contributed by atoms with van der Waals surface area (Å²) < 4.78 is 0. The lowest BCUT2D eigenvalue weighted by atomic mass is 10.2. The van der Waals surface area contributed by atoms with Gasteiger partial charge in [0.05, 0.1) is 5.69 Å². The molecule has 0 atom stereocenters. The smallest absolute Gasteiger partial charge is 0.276 e. The Kier molecular flexibility index (Phi) is 4.24. The average molecular weight is 350 g/mol. The van der Waals surface area contributed by atoms with Crippen molar-refractivity contribution in [3.63, 3.8) is 0 Å². The van der Waals surface area contributed by atoms with E-state index in [1.807, 2.05) is 26.0 Å². The number of rotatable bonds is 3. The third-order valence-corrected chi connectivity index (χ3v) is 5.21. The average Bonchev–Trinajstić information content (AvgIpc) is 3.08. The molecule has 3 rings (SSSR count). The van der Waals surface area contributed by atoms with Crippen LogP contribution in [-0.4, -0.2) is 15.9 Å². The molecule has 0 fully saturated rings. The maximum absolute atomic E-state index is 12.2. The Labute approximate surface area is 140 Å². The molecular weight excluding hydrogens is 338 g/mol. The van der Waals surface area contributed by atoms with Crippen LogP contribution in [0.4, 0.5) is 5.13 Å². The van der Waals surface area contributed by atoms with E-state index < -0.39 is 0 Å². The topological polar surface area (TPSA) is 54.9 Å². The van der Waals surface area contributed by atoms with E-state index in [0.717, 1.165) is 21.1 Å². The van der Waals surface area contributed by atoms with E-state index in [2.05, 4.69) is 15.3 Å². The lowest BCUT2D eigenvalue weighted by Gasteiger charge is -1.98. The molecule has 0 spiro atoms. The van der Waals surface area contributed by atoms with Crippen molar-refractivity contribution in [1.82, 2.24) is 9.97 Å². The summed E-state index contributed by atoms with van der Waals surface area (Å²) in [5, 5.41) is 6.59. The molecule has 2 aromatic heterocycles. The highest BCUT2D eigenvalue weighted by molar-refractivity contribution is 7.16. The summed E-state index contributed by atoms with van der Waals surface area (Å²) in [6, 6.07) is 7.38. The number of thiazole rings is 2. The number of nitrogens with one attached hydrogen (secondary N) is 1. The Morgan fingerprint density at radius 3 is 2.55 bits per heavy atom. The molecule has 0 radical (unpaired) electrons. The minimum atomic E-state index is -0.245. The molecule has 0 aliphatic carbocycles. The van der Waals surface area contributed by atoms with Gasteiger partial charge in [-0.15, -0.1) is 22.7 Å². The Balaban J connectivity index is 1.78. The number of nitrogens with zero attached hydrogens (tertiary/aromatic N) is 2. The van der Waals surface area contributed by atoms with Gasteiger partial charge in [0.25, 0.3) is 5.91 Å². The minimum Gasteiger partial charge on any atom is -0.296 e. The second-order valence-corrected chi connectivity index (χ2v) is 7.16. The van der Waals surface area contributed by atoms with Crippen molar-refractivity contribution in [2.24, 2.45) is 0 Å². The number of aromatic nitrogens is 2. The number of carbonyl (C=O) groups is 1. The van der Waals surface area contributed by atoms with E-state index >= 15 is 0 Å². The van der Waals surface area contributed by atoms with Crippen molar-refractivity contribution in [2.45, 2.75) is 13.8 Å². The molecule has 0 aliphatic heterocycles. The van der Waals surface area contributed by atoms with Crippen molar-refractivity contribution < 1.29 is 4.79 Å². The Bertz CT molecular complexity index is 804. The van der Waals surface area contributed by atoms with Crippen molar-refractivity contribution in [2.75, 3.05) is 5.32 Å². The standard InChI is InChI=1S/C15H12ClN3OS2/c1-8-9(2)22-15(17-8)19-13(20)12-7-21-14(18-12)10-3-5-11(16)6-4-10/h3-7H,1-2H3,(H,17,19,20). The van der Waals surface area contributed by atoms with Gasteiger partial charge in [-0.3, -0.25) is 10.1 Å². The van der Waals surface area contributed by atoms with Gasteiger partial charge in [-0.1, -0.05) is 23.7 Å². The van der Waals surface area contributed by atoms with Crippen LogP contribution >= 0.6 is 34.3 Å². The van der Waals surface area contributed by atoms with Gasteiger partial charge >= 0.3 is 0 Å². The Morgan fingerprint density at radius 2 is 1.91 bits per heavy atom. The minimum absolute atomic E-state index is 0.245. The van der Waals surface area contributed by atoms with Crippen molar-refractivity contribution in [1.29, 1.82) is 0 Å². The zero-order chi connectivity index (χ0) is 15.7. The SMILES string of the molecule is Cc1nc(NC(=O)c2csc(-c3ccc(Cl)cc3)n2)sc1C. The number of aryl methyl sites for hydroxylation is 2. The molecule has 0 bridgehead atoms. The third-order valence-electron chi connectivity index (χ3n) is 3.08. The molecular formula is C15H12ClN3OS2. The molecule has 7 heteroatoms. The van der Waals surface area contributed by atoms with E-state index in [1.165, 1.54) is 22.7 Å². The van der Waals surface area contributed by atoms with Gasteiger partial charge in [0, 0.05) is 20.8 Å². The summed E-state index contributed by atoms with van der Waals surface area (Å²) in [5.74, 6) is -0.245. The van der Waals surface area contributed by atoms with Crippen molar-refractivity contribution in [3.8, 4) is 10.6 Å². The molecule has 0 saturated carbocycles. The largest absolute Gasteiger partial charge is 0.296 e. The molecule has 1 aromatic carbocycles. The Hall–Kier alpha value is -1.76. The number of amides is 1. The highest BCUT2D eigenvalue weighted by Gasteiger charge is 2.14. The van der Waals surface area contributed by atoms with Gasteiger partial charge in [0.15, 0.2) is 5.13 Å². The van der Waals surface area contributed by atoms with Gasteiger partial charge in [-0.05, 0) is 26.0 Å². The van der Waals surface area contributed by atoms with Crippen LogP contribution in [0.2, 0.25) is 5.02 Å². The molecule has 1 amide bonds. The normalized spacial score (nSPS) is 10.7. The maximum atomic E-state index is 12.2. The molecule has 0 unspecified atom stereocenters. The first-order chi connectivity index (χ1) is 10.5. The van der Waals surface area contributed by atoms with Crippen LogP contribution in [0.5, 0.6) is 0 Å². The molecule has 112 valence electrons. The summed E-state index contributed by atoms with van der Waals surface area (Å²) in [5.41, 5.74) is 2.26. The van der Waals surface area contributed by atoms with E-state index in [0.29, 0.717) is 15.8 Å². The van der Waals surface area contributed by atoms with Crippen LogP contribution in [0.1, 0.15) is 21.1 Å².